The number of nitrogens with zero attached hydrogens (tertiary/aromatic N) is 1. The van der Waals surface area contributed by atoms with Crippen LogP contribution in [0.25, 0.3) is 0 Å². The number of phenols is 1. The summed E-state index contributed by atoms with van der Waals surface area (Å²) in [5.74, 6) is -1.30. The second-order valence-corrected chi connectivity index (χ2v) is 7.11. The quantitative estimate of drug-likeness (QED) is 0.573. The van der Waals surface area contributed by atoms with Crippen LogP contribution in [0.4, 0.5) is 0 Å². The Morgan fingerprint density at radius 3 is 2.67 bits per heavy atom. The Balaban J connectivity index is 1.52. The van der Waals surface area contributed by atoms with Gasteiger partial charge in [-0.2, -0.15) is 0 Å². The van der Waals surface area contributed by atoms with E-state index in [1.165, 1.54) is 29.5 Å². The van der Waals surface area contributed by atoms with Crippen LogP contribution in [-0.4, -0.2) is 21.9 Å². The smallest absolute Gasteiger partial charge is 0.273 e. The molecule has 0 aliphatic rings. The van der Waals surface area contributed by atoms with Gasteiger partial charge in [-0.25, -0.2) is 4.98 Å². The van der Waals surface area contributed by atoms with Gasteiger partial charge in [0, 0.05) is 16.8 Å². The summed E-state index contributed by atoms with van der Waals surface area (Å²) in [7, 11) is 0. The van der Waals surface area contributed by atoms with Gasteiger partial charge in [0.05, 0.1) is 22.7 Å². The Morgan fingerprint density at radius 1 is 1.11 bits per heavy atom. The van der Waals surface area contributed by atoms with E-state index in [1.807, 2.05) is 35.7 Å². The molecule has 0 unspecified atom stereocenters. The molecule has 0 atom stereocenters. The van der Waals surface area contributed by atoms with Crippen LogP contribution in [0, 0.1) is 0 Å². The Morgan fingerprint density at radius 2 is 1.89 bits per heavy atom. The van der Waals surface area contributed by atoms with Crippen molar-refractivity contribution in [2.45, 2.75) is 12.8 Å². The number of hydrogen-bond donors (Lipinski definition) is 3. The van der Waals surface area contributed by atoms with Crippen molar-refractivity contribution in [3.8, 4) is 5.75 Å². The Bertz CT molecular complexity index is 960. The van der Waals surface area contributed by atoms with Crippen LogP contribution in [0.1, 0.15) is 26.6 Å². The Hall–Kier alpha value is -2.90. The number of carbonyl (C=O) groups excluding carboxylic acids is 2. The van der Waals surface area contributed by atoms with Crippen molar-refractivity contribution >= 4 is 34.8 Å². The fraction of sp³-hybridized carbons (Fsp3) is 0.105. The van der Waals surface area contributed by atoms with E-state index in [0.717, 1.165) is 10.6 Å². The van der Waals surface area contributed by atoms with Gasteiger partial charge in [-0.3, -0.25) is 20.4 Å². The van der Waals surface area contributed by atoms with Crippen molar-refractivity contribution in [1.29, 1.82) is 0 Å². The fourth-order valence-electron chi connectivity index (χ4n) is 2.37. The van der Waals surface area contributed by atoms with E-state index < -0.39 is 11.8 Å². The van der Waals surface area contributed by atoms with Crippen LogP contribution in [0.5, 0.6) is 5.75 Å². The number of rotatable bonds is 5. The number of carbonyl (C=O) groups is 2. The van der Waals surface area contributed by atoms with E-state index in [0.29, 0.717) is 17.1 Å². The van der Waals surface area contributed by atoms with Crippen molar-refractivity contribution in [3.05, 3.63) is 80.8 Å². The Labute approximate surface area is 164 Å². The van der Waals surface area contributed by atoms with Gasteiger partial charge in [-0.05, 0) is 23.8 Å². The number of phenolic OH excluding ortho intramolecular Hbond substituents is 1. The monoisotopic (exact) mass is 401 g/mol. The summed E-state index contributed by atoms with van der Waals surface area (Å²) in [4.78, 5) is 28.5. The predicted octanol–water partition coefficient (Wildman–Crippen LogP) is 3.10. The Kier molecular flexibility index (Phi) is 6.05. The summed E-state index contributed by atoms with van der Waals surface area (Å²) in [5, 5.41) is 12.7. The van der Waals surface area contributed by atoms with Crippen molar-refractivity contribution in [1.82, 2.24) is 15.8 Å². The molecule has 0 saturated carbocycles. The zero-order valence-electron chi connectivity index (χ0n) is 14.1. The number of amides is 2. The third-order valence-corrected chi connectivity index (χ3v) is 4.79. The third-order valence-electron chi connectivity index (χ3n) is 3.66. The molecular weight excluding hydrogens is 386 g/mol. The number of hydrazine groups is 1. The molecule has 1 aromatic heterocycles. The highest BCUT2D eigenvalue weighted by atomic mass is 35.5. The number of aromatic hydroxyl groups is 1. The topological polar surface area (TPSA) is 91.3 Å². The van der Waals surface area contributed by atoms with Gasteiger partial charge < -0.3 is 5.11 Å². The molecule has 0 spiro atoms. The van der Waals surface area contributed by atoms with Crippen molar-refractivity contribution < 1.29 is 14.7 Å². The van der Waals surface area contributed by atoms with Crippen molar-refractivity contribution in [2.24, 2.45) is 0 Å². The summed E-state index contributed by atoms with van der Waals surface area (Å²) in [6.45, 7) is 0. The normalized spacial score (nSPS) is 10.4. The summed E-state index contributed by atoms with van der Waals surface area (Å²) in [6, 6.07) is 14.0. The molecule has 2 amide bonds. The first kappa shape index (κ1) is 18.9. The van der Waals surface area contributed by atoms with Crippen LogP contribution in [0.15, 0.2) is 53.9 Å². The van der Waals surface area contributed by atoms with Gasteiger partial charge in [-0.1, -0.05) is 41.9 Å². The lowest BCUT2D eigenvalue weighted by Crippen LogP contribution is -2.42. The minimum Gasteiger partial charge on any atom is -0.507 e. The highest BCUT2D eigenvalue weighted by Crippen LogP contribution is 2.21. The largest absolute Gasteiger partial charge is 0.507 e. The first-order chi connectivity index (χ1) is 13.0. The number of thiazole rings is 1. The second-order valence-electron chi connectivity index (χ2n) is 5.74. The molecule has 1 heterocycles. The average molecular weight is 402 g/mol. The molecule has 27 heavy (non-hydrogen) atoms. The van der Waals surface area contributed by atoms with Gasteiger partial charge in [0.1, 0.15) is 5.75 Å². The molecule has 3 N–H and O–H groups in total. The van der Waals surface area contributed by atoms with Gasteiger partial charge in [0.25, 0.3) is 5.91 Å². The minimum atomic E-state index is -0.661. The van der Waals surface area contributed by atoms with Crippen LogP contribution >= 0.6 is 22.9 Å². The van der Waals surface area contributed by atoms with Gasteiger partial charge in [0.2, 0.25) is 5.91 Å². The molecule has 0 fully saturated rings. The van der Waals surface area contributed by atoms with E-state index in [1.54, 1.807) is 0 Å². The molecule has 0 saturated heterocycles. The first-order valence-electron chi connectivity index (χ1n) is 8.06. The number of aromatic nitrogens is 1. The molecule has 138 valence electrons. The van der Waals surface area contributed by atoms with Crippen LogP contribution in [-0.2, 0) is 17.6 Å². The fourth-order valence-corrected chi connectivity index (χ4v) is 3.37. The third kappa shape index (κ3) is 5.29. The molecule has 3 rings (SSSR count). The first-order valence-corrected chi connectivity index (χ1v) is 9.32. The number of nitrogens with one attached hydrogen (secondary N) is 2. The molecule has 8 heteroatoms. The van der Waals surface area contributed by atoms with Crippen molar-refractivity contribution in [2.75, 3.05) is 0 Å². The summed E-state index contributed by atoms with van der Waals surface area (Å²) in [6.07, 6.45) is 0.741. The number of halogens is 1. The van der Waals surface area contributed by atoms with Gasteiger partial charge >= 0.3 is 0 Å². The second kappa shape index (κ2) is 8.66. The highest BCUT2D eigenvalue weighted by Gasteiger charge is 2.13. The maximum atomic E-state index is 12.0. The average Bonchev–Trinajstić information content (AvgIpc) is 3.09. The number of benzene rings is 2. The van der Waals surface area contributed by atoms with Crippen LogP contribution in [0.3, 0.4) is 0 Å². The minimum absolute atomic E-state index is 0.0263. The van der Waals surface area contributed by atoms with E-state index in [9.17, 15) is 14.7 Å². The van der Waals surface area contributed by atoms with Crippen molar-refractivity contribution in [3.63, 3.8) is 0 Å². The molecule has 2 aromatic carbocycles. The lowest BCUT2D eigenvalue weighted by atomic mass is 10.2. The number of hydrogen-bond acceptors (Lipinski definition) is 5. The maximum absolute atomic E-state index is 12.0. The summed E-state index contributed by atoms with van der Waals surface area (Å²) < 4.78 is 0. The van der Waals surface area contributed by atoms with E-state index in [2.05, 4.69) is 15.8 Å². The van der Waals surface area contributed by atoms with E-state index in [-0.39, 0.29) is 17.7 Å². The molecular formula is C19H16ClN3O3S. The molecule has 0 bridgehead atoms. The molecule has 0 radical (unpaired) electrons. The van der Waals surface area contributed by atoms with Gasteiger partial charge in [0.15, 0.2) is 0 Å². The highest BCUT2D eigenvalue weighted by molar-refractivity contribution is 7.09. The van der Waals surface area contributed by atoms with Gasteiger partial charge in [-0.15, -0.1) is 11.3 Å². The van der Waals surface area contributed by atoms with Crippen LogP contribution in [0.2, 0.25) is 5.02 Å². The predicted molar refractivity (Wildman–Crippen MR) is 104 cm³/mol. The molecule has 6 nitrogen and oxygen atoms in total. The SMILES string of the molecule is O=C(Cc1csc(Cc2ccccc2)n1)NNC(=O)c1cc(Cl)ccc1O. The summed E-state index contributed by atoms with van der Waals surface area (Å²) in [5.41, 5.74) is 6.31. The zero-order chi connectivity index (χ0) is 19.2. The van der Waals surface area contributed by atoms with E-state index >= 15 is 0 Å². The standard InChI is InChI=1S/C19H16ClN3O3S/c20-13-6-7-16(24)15(9-13)19(26)23-22-17(25)10-14-11-27-18(21-14)8-12-4-2-1-3-5-12/h1-7,9,11,24H,8,10H2,(H,22,25)(H,23,26). The lowest BCUT2D eigenvalue weighted by molar-refractivity contribution is -0.121. The van der Waals surface area contributed by atoms with Crippen LogP contribution < -0.4 is 10.9 Å². The van der Waals surface area contributed by atoms with E-state index in [4.69, 9.17) is 11.6 Å². The molecule has 0 aliphatic carbocycles. The molecule has 0 aliphatic heterocycles. The maximum Gasteiger partial charge on any atom is 0.273 e. The summed E-state index contributed by atoms with van der Waals surface area (Å²) >= 11 is 7.29. The lowest BCUT2D eigenvalue weighted by Gasteiger charge is -2.08. The zero-order valence-corrected chi connectivity index (χ0v) is 15.7. The molecule has 3 aromatic rings.